The molecule has 4 N–H and O–H groups in total. The highest BCUT2D eigenvalue weighted by atomic mass is 32.2. The molecule has 1 aromatic heterocycles. The molecule has 0 saturated heterocycles. The van der Waals surface area contributed by atoms with Gasteiger partial charge in [0.05, 0.1) is 26.1 Å². The molecule has 0 aliphatic heterocycles. The predicted molar refractivity (Wildman–Crippen MR) is 143 cm³/mol. The molecule has 4 rings (SSSR count). The Balaban J connectivity index is 1.52. The largest absolute Gasteiger partial charge is 0.447 e. The summed E-state index contributed by atoms with van der Waals surface area (Å²) in [6.07, 6.45) is 7.60. The fourth-order valence-corrected chi connectivity index (χ4v) is 7.56. The molecule has 0 radical (unpaired) electrons. The number of hydrogen-bond acceptors (Lipinski definition) is 10. The number of sulfone groups is 1. The van der Waals surface area contributed by atoms with Gasteiger partial charge in [0, 0.05) is 42.7 Å². The van der Waals surface area contributed by atoms with Crippen LogP contribution < -0.4 is 16.0 Å². The van der Waals surface area contributed by atoms with Gasteiger partial charge in [0.2, 0.25) is 0 Å². The molecule has 2 saturated carbocycles. The summed E-state index contributed by atoms with van der Waals surface area (Å²) in [6, 6.07) is 5.32. The number of nitrogens with one attached hydrogen (secondary N) is 4. The van der Waals surface area contributed by atoms with E-state index >= 15 is 0 Å². The lowest BCUT2D eigenvalue weighted by Gasteiger charge is -2.28. The monoisotopic (exact) mass is 546 g/mol. The molecule has 2 aliphatic rings. The van der Waals surface area contributed by atoms with Gasteiger partial charge in [-0.05, 0) is 64.5 Å². The van der Waals surface area contributed by atoms with Gasteiger partial charge in [-0.15, -0.1) is 16.5 Å². The van der Waals surface area contributed by atoms with Crippen LogP contribution in [0.4, 0.5) is 10.5 Å². The van der Waals surface area contributed by atoms with Crippen molar-refractivity contribution in [2.45, 2.75) is 80.6 Å². The number of nitrogens with zero attached hydrogens (tertiary/aromatic N) is 2. The molecule has 0 atom stereocenters. The Morgan fingerprint density at radius 1 is 1.22 bits per heavy atom. The minimum Gasteiger partial charge on any atom is -0.447 e. The summed E-state index contributed by atoms with van der Waals surface area (Å²) in [7, 11) is -1.79. The van der Waals surface area contributed by atoms with Crippen molar-refractivity contribution in [3.05, 3.63) is 41.4 Å². The molecule has 2 aliphatic carbocycles. The van der Waals surface area contributed by atoms with Crippen LogP contribution in [0.2, 0.25) is 0 Å². The van der Waals surface area contributed by atoms with Crippen molar-refractivity contribution in [3.8, 4) is 10.4 Å². The first-order chi connectivity index (χ1) is 17.7. The zero-order chi connectivity index (χ0) is 26.6. The number of carbonyl (C=O) groups excluding carboxylic acids is 1. The molecule has 1 aromatic carbocycles. The van der Waals surface area contributed by atoms with Crippen LogP contribution in [0.3, 0.4) is 0 Å². The maximum Gasteiger partial charge on any atom is 0.407 e. The quantitative estimate of drug-likeness (QED) is 0.293. The highest BCUT2D eigenvalue weighted by Crippen LogP contribution is 2.43. The SMILES string of the molecule is CN/C=C(\N=N)Nc1ccc(-c2cnc([C@H]3CC[C@H](NC(=O)OC(C)C)CC3)s2)c(S(=O)(=O)C2CC2)c1. The lowest BCUT2D eigenvalue weighted by molar-refractivity contribution is 0.109. The van der Waals surface area contributed by atoms with Gasteiger partial charge in [-0.2, -0.15) is 0 Å². The number of aromatic nitrogens is 1. The van der Waals surface area contributed by atoms with E-state index in [-0.39, 0.29) is 40.1 Å². The number of benzene rings is 1. The van der Waals surface area contributed by atoms with Gasteiger partial charge in [-0.3, -0.25) is 0 Å². The standard InChI is InChI=1S/C25H34N6O4S2/c1-15(2)35-25(32)30-17-6-4-16(5-7-17)24-28-13-21(36-24)20-11-8-18(29-23(31-26)14-27-3)12-22(20)37(33,34)19-9-10-19/h8,11-17,19,26-27,29H,4-7,9-10H2,1-3H3,(H,30,32)/b23-14-,31-26?/t16-,17-. The summed E-state index contributed by atoms with van der Waals surface area (Å²) >= 11 is 1.53. The van der Waals surface area contributed by atoms with E-state index in [9.17, 15) is 13.2 Å². The third kappa shape index (κ3) is 6.67. The number of thiazole rings is 1. The highest BCUT2D eigenvalue weighted by molar-refractivity contribution is 7.92. The average Bonchev–Trinajstić information content (AvgIpc) is 3.62. The fourth-order valence-electron chi connectivity index (χ4n) is 4.48. The van der Waals surface area contributed by atoms with E-state index in [1.807, 2.05) is 13.8 Å². The second-order valence-electron chi connectivity index (χ2n) is 9.72. The molecular weight excluding hydrogens is 512 g/mol. The summed E-state index contributed by atoms with van der Waals surface area (Å²) in [4.78, 5) is 17.7. The number of alkyl carbamates (subject to hydrolysis) is 1. The summed E-state index contributed by atoms with van der Waals surface area (Å²) in [5.74, 6) is 0.544. The summed E-state index contributed by atoms with van der Waals surface area (Å²) in [5, 5.41) is 12.8. The normalized spacial score (nSPS) is 20.4. The summed E-state index contributed by atoms with van der Waals surface area (Å²) in [6.45, 7) is 3.65. The van der Waals surface area contributed by atoms with E-state index in [2.05, 4.69) is 26.0 Å². The van der Waals surface area contributed by atoms with E-state index in [4.69, 9.17) is 10.3 Å². The molecule has 1 amide bonds. The van der Waals surface area contributed by atoms with E-state index in [0.29, 0.717) is 24.1 Å². The maximum absolute atomic E-state index is 13.3. The van der Waals surface area contributed by atoms with E-state index < -0.39 is 9.84 Å². The minimum atomic E-state index is -3.49. The van der Waals surface area contributed by atoms with Crippen LogP contribution in [-0.2, 0) is 14.6 Å². The number of carbonyl (C=O) groups is 1. The lowest BCUT2D eigenvalue weighted by atomic mass is 9.86. The zero-order valence-electron chi connectivity index (χ0n) is 21.3. The molecule has 0 bridgehead atoms. The van der Waals surface area contributed by atoms with Crippen molar-refractivity contribution in [3.63, 3.8) is 0 Å². The molecule has 12 heteroatoms. The topological polar surface area (TPSA) is 146 Å². The highest BCUT2D eigenvalue weighted by Gasteiger charge is 2.39. The van der Waals surface area contributed by atoms with Crippen molar-refractivity contribution in [2.24, 2.45) is 5.11 Å². The molecule has 37 heavy (non-hydrogen) atoms. The second-order valence-corrected chi connectivity index (χ2v) is 13.0. The molecule has 0 spiro atoms. The van der Waals surface area contributed by atoms with E-state index in [1.165, 1.54) is 17.5 Å². The first-order valence-electron chi connectivity index (χ1n) is 12.5. The predicted octanol–water partition coefficient (Wildman–Crippen LogP) is 5.37. The van der Waals surface area contributed by atoms with Gasteiger partial charge in [0.15, 0.2) is 15.7 Å². The van der Waals surface area contributed by atoms with Crippen LogP contribution in [0.15, 0.2) is 46.4 Å². The minimum absolute atomic E-state index is 0.0922. The molecule has 2 aromatic rings. The lowest BCUT2D eigenvalue weighted by Crippen LogP contribution is -2.38. The third-order valence-electron chi connectivity index (χ3n) is 6.46. The fraction of sp³-hybridized carbons (Fsp3) is 0.520. The van der Waals surface area contributed by atoms with Crippen molar-refractivity contribution < 1.29 is 17.9 Å². The maximum atomic E-state index is 13.3. The van der Waals surface area contributed by atoms with Gasteiger partial charge in [-0.1, -0.05) is 6.07 Å². The van der Waals surface area contributed by atoms with Crippen LogP contribution in [0.25, 0.3) is 10.4 Å². The first-order valence-corrected chi connectivity index (χ1v) is 14.9. The van der Waals surface area contributed by atoms with E-state index in [1.54, 1.807) is 31.4 Å². The van der Waals surface area contributed by atoms with Crippen molar-refractivity contribution in [1.29, 1.82) is 5.53 Å². The Morgan fingerprint density at radius 3 is 2.57 bits per heavy atom. The Hall–Kier alpha value is -2.99. The Bertz CT molecular complexity index is 1260. The zero-order valence-corrected chi connectivity index (χ0v) is 22.9. The summed E-state index contributed by atoms with van der Waals surface area (Å²) in [5.41, 5.74) is 8.52. The number of anilines is 1. The van der Waals surface area contributed by atoms with Gasteiger partial charge in [-0.25, -0.2) is 23.7 Å². The second kappa shape index (κ2) is 11.6. The van der Waals surface area contributed by atoms with Crippen molar-refractivity contribution in [2.75, 3.05) is 12.4 Å². The van der Waals surface area contributed by atoms with Crippen LogP contribution >= 0.6 is 11.3 Å². The van der Waals surface area contributed by atoms with Crippen LogP contribution in [0.5, 0.6) is 0 Å². The molecule has 1 heterocycles. The van der Waals surface area contributed by atoms with Gasteiger partial charge >= 0.3 is 6.09 Å². The average molecular weight is 547 g/mol. The van der Waals surface area contributed by atoms with Crippen LogP contribution in [-0.4, -0.2) is 43.9 Å². The molecule has 200 valence electrons. The smallest absolute Gasteiger partial charge is 0.407 e. The Kier molecular flexibility index (Phi) is 8.48. The molecular formula is C25H34N6O4S2. The molecule has 2 fully saturated rings. The summed E-state index contributed by atoms with van der Waals surface area (Å²) < 4.78 is 31.9. The first kappa shape index (κ1) is 27.1. The number of ether oxygens (including phenoxy) is 1. The van der Waals surface area contributed by atoms with Crippen LogP contribution in [0, 0.1) is 5.53 Å². The molecule has 0 unspecified atom stereocenters. The van der Waals surface area contributed by atoms with Crippen LogP contribution in [0.1, 0.15) is 63.3 Å². The van der Waals surface area contributed by atoms with Crippen molar-refractivity contribution >= 4 is 33.0 Å². The van der Waals surface area contributed by atoms with E-state index in [0.717, 1.165) is 35.6 Å². The van der Waals surface area contributed by atoms with Gasteiger partial charge < -0.3 is 20.7 Å². The number of rotatable bonds is 10. The molecule has 10 nitrogen and oxygen atoms in total. The Labute approximate surface area is 221 Å². The Morgan fingerprint density at radius 2 is 1.95 bits per heavy atom. The number of hydrogen-bond donors (Lipinski definition) is 4. The van der Waals surface area contributed by atoms with Gasteiger partial charge in [0.1, 0.15) is 0 Å². The van der Waals surface area contributed by atoms with Crippen molar-refractivity contribution in [1.82, 2.24) is 15.6 Å². The third-order valence-corrected chi connectivity index (χ3v) is 9.95. The number of amides is 1. The van der Waals surface area contributed by atoms with Gasteiger partial charge in [0.25, 0.3) is 0 Å².